The third kappa shape index (κ3) is 2.77. The van der Waals surface area contributed by atoms with Gasteiger partial charge in [-0.2, -0.15) is 0 Å². The van der Waals surface area contributed by atoms with E-state index in [9.17, 15) is 8.78 Å². The number of hydrogen-bond donors (Lipinski definition) is 2. The van der Waals surface area contributed by atoms with Crippen LogP contribution in [-0.2, 0) is 11.3 Å². The first kappa shape index (κ1) is 16.7. The Hall–Kier alpha value is -2.71. The van der Waals surface area contributed by atoms with Crippen LogP contribution in [0.3, 0.4) is 0 Å². The average Bonchev–Trinajstić information content (AvgIpc) is 3.18. The number of halogens is 3. The van der Waals surface area contributed by atoms with Crippen LogP contribution in [0, 0.1) is 11.6 Å². The van der Waals surface area contributed by atoms with Crippen molar-refractivity contribution in [3.05, 3.63) is 47.2 Å². The monoisotopic (exact) mass is 377 g/mol. The van der Waals surface area contributed by atoms with Crippen molar-refractivity contribution >= 4 is 45.3 Å². The van der Waals surface area contributed by atoms with E-state index in [2.05, 4.69) is 20.3 Å². The number of rotatable bonds is 5. The van der Waals surface area contributed by atoms with E-state index in [4.69, 9.17) is 16.3 Å². The van der Waals surface area contributed by atoms with Crippen molar-refractivity contribution in [2.75, 3.05) is 19.0 Å². The minimum absolute atomic E-state index is 0.0468. The molecule has 2 N–H and O–H groups in total. The summed E-state index contributed by atoms with van der Waals surface area (Å²) in [6, 6.07) is 6.06. The Morgan fingerprint density at radius 3 is 2.85 bits per heavy atom. The Kier molecular flexibility index (Phi) is 4.21. The van der Waals surface area contributed by atoms with Crippen LogP contribution in [-0.4, -0.2) is 33.2 Å². The first-order chi connectivity index (χ1) is 12.6. The number of imidazole rings is 1. The third-order valence-corrected chi connectivity index (χ3v) is 4.28. The molecule has 1 aromatic carbocycles. The smallest absolute Gasteiger partial charge is 0.208 e. The summed E-state index contributed by atoms with van der Waals surface area (Å²) < 4.78 is 34.6. The fraction of sp³-hybridized carbons (Fsp3) is 0.176. The number of methoxy groups -OCH3 is 1. The molecule has 0 bridgehead atoms. The minimum Gasteiger partial charge on any atom is -0.383 e. The van der Waals surface area contributed by atoms with Crippen LogP contribution in [0.5, 0.6) is 0 Å². The van der Waals surface area contributed by atoms with Crippen molar-refractivity contribution in [2.24, 2.45) is 0 Å². The molecular weight excluding hydrogens is 364 g/mol. The lowest BCUT2D eigenvalue weighted by Crippen LogP contribution is -2.08. The van der Waals surface area contributed by atoms with E-state index in [1.54, 1.807) is 30.0 Å². The number of nitrogens with one attached hydrogen (secondary N) is 2. The van der Waals surface area contributed by atoms with Gasteiger partial charge in [0, 0.05) is 19.9 Å². The van der Waals surface area contributed by atoms with E-state index >= 15 is 0 Å². The molecular formula is C17H14ClF2N5O. The summed E-state index contributed by atoms with van der Waals surface area (Å²) in [5.74, 6) is -1.58. The van der Waals surface area contributed by atoms with Gasteiger partial charge in [-0.25, -0.2) is 18.7 Å². The molecule has 0 amide bonds. The summed E-state index contributed by atoms with van der Waals surface area (Å²) in [6.07, 6.45) is 1.71. The summed E-state index contributed by atoms with van der Waals surface area (Å²) >= 11 is 5.97. The predicted molar refractivity (Wildman–Crippen MR) is 95.9 cm³/mol. The van der Waals surface area contributed by atoms with Crippen LogP contribution in [0.1, 0.15) is 0 Å². The second-order valence-electron chi connectivity index (χ2n) is 5.67. The molecule has 6 nitrogen and oxygen atoms in total. The van der Waals surface area contributed by atoms with Crippen molar-refractivity contribution < 1.29 is 13.5 Å². The molecule has 134 valence electrons. The van der Waals surface area contributed by atoms with Crippen molar-refractivity contribution in [3.8, 4) is 0 Å². The number of benzene rings is 1. The molecule has 0 unspecified atom stereocenters. The van der Waals surface area contributed by atoms with E-state index < -0.39 is 11.6 Å². The lowest BCUT2D eigenvalue weighted by Gasteiger charge is -2.09. The Labute approximate surface area is 151 Å². The van der Waals surface area contributed by atoms with E-state index in [0.29, 0.717) is 41.0 Å². The van der Waals surface area contributed by atoms with Crippen molar-refractivity contribution in [3.63, 3.8) is 0 Å². The van der Waals surface area contributed by atoms with Gasteiger partial charge in [0.2, 0.25) is 5.95 Å². The van der Waals surface area contributed by atoms with E-state index in [0.717, 1.165) is 11.6 Å². The lowest BCUT2D eigenvalue weighted by molar-refractivity contribution is 0.189. The summed E-state index contributed by atoms with van der Waals surface area (Å²) in [6.45, 7) is 0.800. The van der Waals surface area contributed by atoms with Gasteiger partial charge < -0.3 is 19.6 Å². The van der Waals surface area contributed by atoms with Crippen LogP contribution in [0.25, 0.3) is 22.1 Å². The number of fused-ring (bicyclic) bond motifs is 2. The molecule has 0 spiro atoms. The molecule has 0 aliphatic heterocycles. The topological polar surface area (TPSA) is 67.8 Å². The van der Waals surface area contributed by atoms with E-state index in [-0.39, 0.29) is 5.52 Å². The van der Waals surface area contributed by atoms with Gasteiger partial charge in [-0.05, 0) is 24.3 Å². The van der Waals surface area contributed by atoms with Gasteiger partial charge in [-0.15, -0.1) is 0 Å². The molecule has 4 aromatic rings. The van der Waals surface area contributed by atoms with Crippen LogP contribution in [0.4, 0.5) is 20.4 Å². The highest BCUT2D eigenvalue weighted by molar-refractivity contribution is 6.29. The van der Waals surface area contributed by atoms with Gasteiger partial charge in [-0.3, -0.25) is 0 Å². The van der Waals surface area contributed by atoms with Gasteiger partial charge in [-0.1, -0.05) is 11.6 Å². The van der Waals surface area contributed by atoms with Gasteiger partial charge in [0.25, 0.3) is 0 Å². The molecule has 0 aliphatic carbocycles. The number of aromatic amines is 1. The second-order valence-corrected chi connectivity index (χ2v) is 6.05. The van der Waals surface area contributed by atoms with Crippen molar-refractivity contribution in [2.45, 2.75) is 6.54 Å². The number of anilines is 2. The molecule has 0 radical (unpaired) electrons. The standard InChI is InChI=1S/C17H14ClF2N5O/c1-26-7-6-25-12-4-2-9(19)14(20)16(12)24-17(25)22-11-8-21-10-3-5-13(18)23-15(10)11/h2-5,8,21H,6-7H2,1H3,(H,22,24). The zero-order valence-electron chi connectivity index (χ0n) is 13.7. The van der Waals surface area contributed by atoms with Crippen LogP contribution in [0.15, 0.2) is 30.5 Å². The van der Waals surface area contributed by atoms with Crippen LogP contribution >= 0.6 is 11.6 Å². The summed E-state index contributed by atoms with van der Waals surface area (Å²) in [5, 5.41) is 3.47. The minimum atomic E-state index is -0.984. The molecule has 0 atom stereocenters. The molecule has 3 aromatic heterocycles. The van der Waals surface area contributed by atoms with Gasteiger partial charge in [0.15, 0.2) is 11.6 Å². The summed E-state index contributed by atoms with van der Waals surface area (Å²) in [7, 11) is 1.57. The molecule has 0 aliphatic rings. The Morgan fingerprint density at radius 2 is 2.04 bits per heavy atom. The molecule has 3 heterocycles. The van der Waals surface area contributed by atoms with Crippen molar-refractivity contribution in [1.82, 2.24) is 19.5 Å². The maximum absolute atomic E-state index is 14.2. The highest BCUT2D eigenvalue weighted by atomic mass is 35.5. The predicted octanol–water partition coefficient (Wildman–Crippen LogP) is 4.23. The number of nitrogens with zero attached hydrogens (tertiary/aromatic N) is 3. The normalized spacial score (nSPS) is 11.5. The molecule has 0 saturated heterocycles. The quantitative estimate of drug-likeness (QED) is 0.511. The first-order valence-electron chi connectivity index (χ1n) is 7.82. The number of aromatic nitrogens is 4. The largest absolute Gasteiger partial charge is 0.383 e. The number of H-pyrrole nitrogens is 1. The molecule has 26 heavy (non-hydrogen) atoms. The lowest BCUT2D eigenvalue weighted by atomic mass is 10.3. The average molecular weight is 378 g/mol. The third-order valence-electron chi connectivity index (χ3n) is 4.07. The van der Waals surface area contributed by atoms with Gasteiger partial charge >= 0.3 is 0 Å². The summed E-state index contributed by atoms with van der Waals surface area (Å²) in [5.41, 5.74) is 2.45. The SMILES string of the molecule is COCCn1c(Nc2c[nH]c3ccc(Cl)nc23)nc2c(F)c(F)ccc21. The van der Waals surface area contributed by atoms with Gasteiger partial charge in [0.1, 0.15) is 16.2 Å². The Morgan fingerprint density at radius 1 is 1.19 bits per heavy atom. The second kappa shape index (κ2) is 6.54. The Balaban J connectivity index is 1.84. The van der Waals surface area contributed by atoms with Crippen LogP contribution in [0.2, 0.25) is 5.15 Å². The maximum atomic E-state index is 14.2. The van der Waals surface area contributed by atoms with Gasteiger partial charge in [0.05, 0.1) is 23.3 Å². The number of hydrogen-bond acceptors (Lipinski definition) is 4. The highest BCUT2D eigenvalue weighted by Crippen LogP contribution is 2.29. The molecule has 0 fully saturated rings. The number of ether oxygens (including phenoxy) is 1. The molecule has 0 saturated carbocycles. The zero-order valence-corrected chi connectivity index (χ0v) is 14.4. The van der Waals surface area contributed by atoms with Crippen molar-refractivity contribution in [1.29, 1.82) is 0 Å². The highest BCUT2D eigenvalue weighted by Gasteiger charge is 2.18. The fourth-order valence-electron chi connectivity index (χ4n) is 2.83. The molecule has 4 rings (SSSR count). The van der Waals surface area contributed by atoms with Crippen LogP contribution < -0.4 is 5.32 Å². The van der Waals surface area contributed by atoms with E-state index in [1.165, 1.54) is 6.07 Å². The number of pyridine rings is 1. The van der Waals surface area contributed by atoms with E-state index in [1.807, 2.05) is 0 Å². The Bertz CT molecular complexity index is 1110. The fourth-order valence-corrected chi connectivity index (χ4v) is 2.98. The first-order valence-corrected chi connectivity index (χ1v) is 8.20. The molecule has 9 heteroatoms. The zero-order chi connectivity index (χ0) is 18.3. The maximum Gasteiger partial charge on any atom is 0.208 e. The summed E-state index contributed by atoms with van der Waals surface area (Å²) in [4.78, 5) is 11.6.